The smallest absolute Gasteiger partial charge is 0.748 e. The summed E-state index contributed by atoms with van der Waals surface area (Å²) in [5.74, 6) is 0. The van der Waals surface area contributed by atoms with Gasteiger partial charge in [0.25, 0.3) is 0 Å². The summed E-state index contributed by atoms with van der Waals surface area (Å²) in [5.41, 5.74) is 0. The fourth-order valence-corrected chi connectivity index (χ4v) is 4.84. The fraction of sp³-hybridized carbons (Fsp3) is 1.00. The molecule has 0 aliphatic carbocycles. The number of rotatable bonds is 22. The molecule has 0 fully saturated rings. The van der Waals surface area contributed by atoms with Crippen LogP contribution in [0.5, 0.6) is 0 Å². The van der Waals surface area contributed by atoms with Gasteiger partial charge >= 0.3 is 51.4 Å². The molecule has 2 atom stereocenters. The van der Waals surface area contributed by atoms with E-state index in [0.29, 0.717) is 19.3 Å². The SMILES string of the molecule is CCCCCCCCCCCCCCCCCCC(O)CCC(CC)S(=O)(=O)[O-].[K+]. The molecular formula is C24H49KO4S. The second-order valence-corrected chi connectivity index (χ2v) is 10.5. The molecule has 0 bridgehead atoms. The first-order chi connectivity index (χ1) is 13.9. The molecule has 176 valence electrons. The molecule has 0 aliphatic rings. The van der Waals surface area contributed by atoms with Crippen molar-refractivity contribution in [2.75, 3.05) is 0 Å². The van der Waals surface area contributed by atoms with Crippen LogP contribution in [0.2, 0.25) is 0 Å². The molecule has 30 heavy (non-hydrogen) atoms. The van der Waals surface area contributed by atoms with Gasteiger partial charge in [0.15, 0.2) is 0 Å². The van der Waals surface area contributed by atoms with Crippen molar-refractivity contribution >= 4 is 10.1 Å². The summed E-state index contributed by atoms with van der Waals surface area (Å²) < 4.78 is 33.2. The molecule has 6 heteroatoms. The topological polar surface area (TPSA) is 77.4 Å². The largest absolute Gasteiger partial charge is 1.00 e. The van der Waals surface area contributed by atoms with E-state index in [9.17, 15) is 18.1 Å². The van der Waals surface area contributed by atoms with Crippen molar-refractivity contribution in [3.63, 3.8) is 0 Å². The summed E-state index contributed by atoms with van der Waals surface area (Å²) in [6.45, 7) is 3.98. The minimum absolute atomic E-state index is 0. The van der Waals surface area contributed by atoms with Gasteiger partial charge in [0.05, 0.1) is 16.2 Å². The molecule has 0 saturated carbocycles. The maximum absolute atomic E-state index is 11.1. The molecule has 1 N–H and O–H groups in total. The van der Waals surface area contributed by atoms with Crippen LogP contribution in [0.4, 0.5) is 0 Å². The van der Waals surface area contributed by atoms with E-state index in [0.717, 1.165) is 12.8 Å². The molecule has 0 amide bonds. The van der Waals surface area contributed by atoms with Crippen LogP contribution < -0.4 is 51.4 Å². The predicted molar refractivity (Wildman–Crippen MR) is 123 cm³/mol. The number of unbranched alkanes of at least 4 members (excludes halogenated alkanes) is 15. The Hall–Kier alpha value is 1.51. The molecule has 2 unspecified atom stereocenters. The van der Waals surface area contributed by atoms with Crippen LogP contribution in [0, 0.1) is 0 Å². The molecule has 0 heterocycles. The molecule has 0 saturated heterocycles. The zero-order valence-corrected chi connectivity index (χ0v) is 24.3. The van der Waals surface area contributed by atoms with Crippen molar-refractivity contribution in [1.29, 1.82) is 0 Å². The van der Waals surface area contributed by atoms with Gasteiger partial charge in [-0.15, -0.1) is 0 Å². The van der Waals surface area contributed by atoms with Gasteiger partial charge in [-0.25, -0.2) is 8.42 Å². The molecule has 0 aromatic heterocycles. The molecule has 4 nitrogen and oxygen atoms in total. The Morgan fingerprint density at radius 3 is 1.33 bits per heavy atom. The number of hydrogen-bond acceptors (Lipinski definition) is 4. The molecule has 0 spiro atoms. The second kappa shape index (κ2) is 23.7. The van der Waals surface area contributed by atoms with Crippen molar-refractivity contribution in [3.8, 4) is 0 Å². The molecule has 0 radical (unpaired) electrons. The van der Waals surface area contributed by atoms with E-state index in [1.165, 1.54) is 89.9 Å². The van der Waals surface area contributed by atoms with E-state index in [2.05, 4.69) is 6.92 Å². The Morgan fingerprint density at radius 1 is 0.633 bits per heavy atom. The van der Waals surface area contributed by atoms with E-state index >= 15 is 0 Å². The monoisotopic (exact) mass is 472 g/mol. The molecule has 0 aliphatic heterocycles. The number of aliphatic hydroxyl groups excluding tert-OH is 1. The van der Waals surface area contributed by atoms with Gasteiger partial charge in [-0.3, -0.25) is 0 Å². The molecule has 0 aromatic carbocycles. The Morgan fingerprint density at radius 2 is 1.00 bits per heavy atom. The van der Waals surface area contributed by atoms with Gasteiger partial charge in [0, 0.05) is 5.25 Å². The third-order valence-electron chi connectivity index (χ3n) is 6.08. The second-order valence-electron chi connectivity index (χ2n) is 8.85. The quantitative estimate of drug-likeness (QED) is 0.146. The average Bonchev–Trinajstić information content (AvgIpc) is 2.67. The van der Waals surface area contributed by atoms with Crippen LogP contribution in [-0.4, -0.2) is 29.4 Å². The third kappa shape index (κ3) is 22.7. The first kappa shape index (κ1) is 33.7. The van der Waals surface area contributed by atoms with Crippen LogP contribution in [0.1, 0.15) is 142 Å². The maximum Gasteiger partial charge on any atom is 1.00 e. The van der Waals surface area contributed by atoms with Crippen LogP contribution >= 0.6 is 0 Å². The zero-order chi connectivity index (χ0) is 21.8. The third-order valence-corrected chi connectivity index (χ3v) is 7.46. The summed E-state index contributed by atoms with van der Waals surface area (Å²) in [6.07, 6.45) is 22.5. The summed E-state index contributed by atoms with van der Waals surface area (Å²) in [5, 5.41) is 9.13. The Kier molecular flexibility index (Phi) is 26.6. The van der Waals surface area contributed by atoms with Gasteiger partial charge in [-0.2, -0.15) is 0 Å². The normalized spacial score (nSPS) is 13.7. The van der Waals surface area contributed by atoms with Crippen LogP contribution in [0.25, 0.3) is 0 Å². The van der Waals surface area contributed by atoms with Crippen LogP contribution in [-0.2, 0) is 10.1 Å². The van der Waals surface area contributed by atoms with Crippen molar-refractivity contribution < 1.29 is 69.5 Å². The predicted octanol–water partition coefficient (Wildman–Crippen LogP) is 4.11. The van der Waals surface area contributed by atoms with Crippen molar-refractivity contribution in [2.24, 2.45) is 0 Å². The summed E-state index contributed by atoms with van der Waals surface area (Å²) in [7, 11) is -4.22. The zero-order valence-electron chi connectivity index (χ0n) is 20.4. The summed E-state index contributed by atoms with van der Waals surface area (Å²) >= 11 is 0. The Balaban J connectivity index is 0. The number of aliphatic hydroxyl groups is 1. The van der Waals surface area contributed by atoms with Crippen molar-refractivity contribution in [2.45, 2.75) is 154 Å². The van der Waals surface area contributed by atoms with Gasteiger partial charge in [-0.1, -0.05) is 117 Å². The van der Waals surface area contributed by atoms with E-state index in [-0.39, 0.29) is 57.8 Å². The molecule has 0 rings (SSSR count). The minimum Gasteiger partial charge on any atom is -0.748 e. The first-order valence-corrected chi connectivity index (χ1v) is 14.0. The number of hydrogen-bond donors (Lipinski definition) is 1. The van der Waals surface area contributed by atoms with E-state index in [4.69, 9.17) is 0 Å². The van der Waals surface area contributed by atoms with Crippen LogP contribution in [0.3, 0.4) is 0 Å². The first-order valence-electron chi connectivity index (χ1n) is 12.5. The Labute approximate surface area is 230 Å². The van der Waals surface area contributed by atoms with Gasteiger partial charge in [0.2, 0.25) is 0 Å². The van der Waals surface area contributed by atoms with Gasteiger partial charge in [0.1, 0.15) is 0 Å². The van der Waals surface area contributed by atoms with E-state index in [1.807, 2.05) is 0 Å². The fourth-order valence-electron chi connectivity index (χ4n) is 4.00. The maximum atomic E-state index is 11.1. The summed E-state index contributed by atoms with van der Waals surface area (Å²) in [4.78, 5) is 0. The van der Waals surface area contributed by atoms with E-state index in [1.54, 1.807) is 6.92 Å². The molecular weight excluding hydrogens is 423 g/mol. The Bertz CT molecular complexity index is 442. The minimum atomic E-state index is -4.22. The average molecular weight is 473 g/mol. The van der Waals surface area contributed by atoms with Gasteiger partial charge in [-0.05, 0) is 25.7 Å². The molecule has 0 aromatic rings. The van der Waals surface area contributed by atoms with Crippen molar-refractivity contribution in [3.05, 3.63) is 0 Å². The summed E-state index contributed by atoms with van der Waals surface area (Å²) in [6, 6.07) is 0. The van der Waals surface area contributed by atoms with Crippen molar-refractivity contribution in [1.82, 2.24) is 0 Å². The van der Waals surface area contributed by atoms with E-state index < -0.39 is 21.5 Å². The van der Waals surface area contributed by atoms with Gasteiger partial charge < -0.3 is 9.66 Å². The standard InChI is InChI=1S/C24H50O4S.K/c1-3-5-6-7-8-9-10-11-12-13-14-15-16-17-18-19-20-23(25)21-22-24(4-2)29(26,27)28;/h23-25H,3-22H2,1-2H3,(H,26,27,28);/q;+1/p-1. The van der Waals surface area contributed by atoms with Crippen LogP contribution in [0.15, 0.2) is 0 Å².